The summed E-state index contributed by atoms with van der Waals surface area (Å²) in [7, 11) is 0. The average Bonchev–Trinajstić information content (AvgIpc) is 2.98. The Morgan fingerprint density at radius 2 is 2.00 bits per heavy atom. The minimum absolute atomic E-state index is 0.0139. The van der Waals surface area contributed by atoms with Gasteiger partial charge >= 0.3 is 0 Å². The van der Waals surface area contributed by atoms with Crippen molar-refractivity contribution in [2.24, 2.45) is 0 Å². The lowest BCUT2D eigenvalue weighted by Gasteiger charge is -2.11. The Bertz CT molecular complexity index is 496. The van der Waals surface area contributed by atoms with E-state index in [1.165, 1.54) is 0 Å². The third kappa shape index (κ3) is 1.93. The number of aromatic nitrogens is 4. The molecule has 1 aromatic heterocycles. The smallest absolute Gasteiger partial charge is 0.204 e. The van der Waals surface area contributed by atoms with Crippen LogP contribution in [0.4, 0.5) is 0 Å². The van der Waals surface area contributed by atoms with E-state index in [0.29, 0.717) is 5.82 Å². The first kappa shape index (κ1) is 10.4. The second kappa shape index (κ2) is 4.25. The molecule has 1 fully saturated rings. The molecule has 0 aliphatic heterocycles. The van der Waals surface area contributed by atoms with Gasteiger partial charge in [0.25, 0.3) is 0 Å². The highest BCUT2D eigenvalue weighted by Gasteiger charge is 2.28. The van der Waals surface area contributed by atoms with Crippen LogP contribution in [-0.2, 0) is 0 Å². The maximum Gasteiger partial charge on any atom is 0.204 e. The Morgan fingerprint density at radius 1 is 1.18 bits per heavy atom. The van der Waals surface area contributed by atoms with Crippen molar-refractivity contribution >= 4 is 0 Å². The van der Waals surface area contributed by atoms with Crippen molar-refractivity contribution in [3.63, 3.8) is 0 Å². The molecule has 1 aliphatic rings. The van der Waals surface area contributed by atoms with Crippen LogP contribution in [-0.4, -0.2) is 31.4 Å². The number of benzene rings is 1. The van der Waals surface area contributed by atoms with Gasteiger partial charge in [-0.2, -0.15) is 4.80 Å². The first-order valence-electron chi connectivity index (χ1n) is 5.87. The molecule has 3 rings (SSSR count). The van der Waals surface area contributed by atoms with Gasteiger partial charge in [0, 0.05) is 5.56 Å². The van der Waals surface area contributed by atoms with Crippen LogP contribution in [0.15, 0.2) is 30.3 Å². The number of rotatable bonds is 2. The third-order valence-corrected chi connectivity index (χ3v) is 3.20. The summed E-state index contributed by atoms with van der Waals surface area (Å²) in [5.41, 5.74) is 0.950. The molecule has 5 heteroatoms. The highest BCUT2D eigenvalue weighted by molar-refractivity contribution is 5.52. The van der Waals surface area contributed by atoms with Crippen LogP contribution < -0.4 is 0 Å². The number of hydrogen-bond acceptors (Lipinski definition) is 4. The van der Waals surface area contributed by atoms with Gasteiger partial charge in [-0.3, -0.25) is 0 Å². The van der Waals surface area contributed by atoms with E-state index in [1.807, 2.05) is 30.3 Å². The van der Waals surface area contributed by atoms with Crippen LogP contribution in [0.5, 0.6) is 0 Å². The summed E-state index contributed by atoms with van der Waals surface area (Å²) < 4.78 is 0. The zero-order valence-electron chi connectivity index (χ0n) is 9.40. The fourth-order valence-corrected chi connectivity index (χ4v) is 2.26. The van der Waals surface area contributed by atoms with Crippen molar-refractivity contribution in [2.75, 3.05) is 0 Å². The number of tetrazole rings is 1. The lowest BCUT2D eigenvalue weighted by Crippen LogP contribution is -2.20. The molecule has 0 bridgehead atoms. The zero-order valence-corrected chi connectivity index (χ0v) is 9.40. The molecule has 2 aromatic rings. The summed E-state index contributed by atoms with van der Waals surface area (Å²) in [6, 6.07) is 9.73. The molecule has 1 aliphatic carbocycles. The summed E-state index contributed by atoms with van der Waals surface area (Å²) in [4.78, 5) is 1.56. The van der Waals surface area contributed by atoms with Crippen LogP contribution in [0.25, 0.3) is 11.4 Å². The molecule has 0 radical (unpaired) electrons. The van der Waals surface area contributed by atoms with Crippen molar-refractivity contribution in [2.45, 2.75) is 31.4 Å². The van der Waals surface area contributed by atoms with Gasteiger partial charge < -0.3 is 5.11 Å². The predicted octanol–water partition coefficient (Wildman–Crippen LogP) is 1.43. The van der Waals surface area contributed by atoms with E-state index < -0.39 is 0 Å². The molecule has 5 nitrogen and oxygen atoms in total. The van der Waals surface area contributed by atoms with Gasteiger partial charge in [0.15, 0.2) is 0 Å². The summed E-state index contributed by atoms with van der Waals surface area (Å²) in [6.45, 7) is 0. The molecular weight excluding hydrogens is 216 g/mol. The Balaban J connectivity index is 1.88. The molecule has 1 aromatic carbocycles. The minimum Gasteiger partial charge on any atom is -0.391 e. The van der Waals surface area contributed by atoms with E-state index in [1.54, 1.807) is 4.80 Å². The fourth-order valence-electron chi connectivity index (χ4n) is 2.26. The highest BCUT2D eigenvalue weighted by Crippen LogP contribution is 2.28. The topological polar surface area (TPSA) is 63.8 Å². The second-order valence-electron chi connectivity index (χ2n) is 4.37. The summed E-state index contributed by atoms with van der Waals surface area (Å²) in [6.07, 6.45) is 2.43. The fraction of sp³-hybridized carbons (Fsp3) is 0.417. The van der Waals surface area contributed by atoms with Crippen LogP contribution in [0.1, 0.15) is 25.3 Å². The zero-order chi connectivity index (χ0) is 11.7. The quantitative estimate of drug-likeness (QED) is 0.847. The van der Waals surface area contributed by atoms with Gasteiger partial charge in [-0.1, -0.05) is 30.3 Å². The van der Waals surface area contributed by atoms with Crippen LogP contribution >= 0.6 is 0 Å². The highest BCUT2D eigenvalue weighted by atomic mass is 16.3. The molecule has 2 unspecified atom stereocenters. The van der Waals surface area contributed by atoms with E-state index >= 15 is 0 Å². The first-order chi connectivity index (χ1) is 8.34. The van der Waals surface area contributed by atoms with E-state index in [-0.39, 0.29) is 12.1 Å². The SMILES string of the molecule is OC1CCCC1n1nnc(-c2ccccc2)n1. The standard InChI is InChI=1S/C12H14N4O/c17-11-8-4-7-10(11)16-14-12(13-15-16)9-5-2-1-3-6-9/h1-3,5-6,10-11,17H,4,7-8H2. The Morgan fingerprint density at radius 3 is 2.71 bits per heavy atom. The largest absolute Gasteiger partial charge is 0.391 e. The molecule has 2 atom stereocenters. The van der Waals surface area contributed by atoms with Gasteiger partial charge in [0.1, 0.15) is 0 Å². The first-order valence-corrected chi connectivity index (χ1v) is 5.87. The Kier molecular flexibility index (Phi) is 2.60. The molecule has 0 amide bonds. The monoisotopic (exact) mass is 230 g/mol. The third-order valence-electron chi connectivity index (χ3n) is 3.20. The van der Waals surface area contributed by atoms with Gasteiger partial charge in [-0.05, 0) is 24.5 Å². The van der Waals surface area contributed by atoms with E-state index in [4.69, 9.17) is 0 Å². The predicted molar refractivity (Wildman–Crippen MR) is 62.1 cm³/mol. The normalized spacial score (nSPS) is 24.1. The van der Waals surface area contributed by atoms with Gasteiger partial charge in [0.05, 0.1) is 12.1 Å². The van der Waals surface area contributed by atoms with Gasteiger partial charge in [-0.15, -0.1) is 10.2 Å². The molecule has 1 N–H and O–H groups in total. The van der Waals surface area contributed by atoms with Gasteiger partial charge in [-0.25, -0.2) is 0 Å². The molecular formula is C12H14N4O. The van der Waals surface area contributed by atoms with Crippen LogP contribution in [0.3, 0.4) is 0 Å². The van der Waals surface area contributed by atoms with E-state index in [0.717, 1.165) is 24.8 Å². The summed E-state index contributed by atoms with van der Waals surface area (Å²) in [5, 5.41) is 22.2. The minimum atomic E-state index is -0.340. The lowest BCUT2D eigenvalue weighted by atomic mass is 10.2. The van der Waals surface area contributed by atoms with Crippen molar-refractivity contribution in [3.05, 3.63) is 30.3 Å². The number of aliphatic hydroxyl groups excluding tert-OH is 1. The van der Waals surface area contributed by atoms with Crippen LogP contribution in [0.2, 0.25) is 0 Å². The van der Waals surface area contributed by atoms with Crippen molar-refractivity contribution in [1.82, 2.24) is 20.2 Å². The summed E-state index contributed by atoms with van der Waals surface area (Å²) in [5.74, 6) is 0.615. The number of nitrogens with zero attached hydrogens (tertiary/aromatic N) is 4. The number of aliphatic hydroxyl groups is 1. The number of hydrogen-bond donors (Lipinski definition) is 1. The maximum absolute atomic E-state index is 9.79. The second-order valence-corrected chi connectivity index (χ2v) is 4.37. The van der Waals surface area contributed by atoms with Crippen LogP contribution in [0, 0.1) is 0 Å². The maximum atomic E-state index is 9.79. The lowest BCUT2D eigenvalue weighted by molar-refractivity contribution is 0.121. The molecule has 0 saturated heterocycles. The summed E-state index contributed by atoms with van der Waals surface area (Å²) >= 11 is 0. The Hall–Kier alpha value is -1.75. The average molecular weight is 230 g/mol. The molecule has 88 valence electrons. The molecule has 1 heterocycles. The molecule has 1 saturated carbocycles. The Labute approximate surface area is 99.1 Å². The van der Waals surface area contributed by atoms with Gasteiger partial charge in [0.2, 0.25) is 5.82 Å². The van der Waals surface area contributed by atoms with Crippen molar-refractivity contribution < 1.29 is 5.11 Å². The molecule has 17 heavy (non-hydrogen) atoms. The molecule has 0 spiro atoms. The van der Waals surface area contributed by atoms with E-state index in [9.17, 15) is 5.11 Å². The van der Waals surface area contributed by atoms with E-state index in [2.05, 4.69) is 15.4 Å². The van der Waals surface area contributed by atoms with Crippen molar-refractivity contribution in [1.29, 1.82) is 0 Å². The van der Waals surface area contributed by atoms with Crippen molar-refractivity contribution in [3.8, 4) is 11.4 Å².